The highest BCUT2D eigenvalue weighted by molar-refractivity contribution is 6.35. The Labute approximate surface area is 134 Å². The number of benzene rings is 2. The molecule has 0 amide bonds. The second-order valence-corrected chi connectivity index (χ2v) is 5.72. The molecule has 0 spiro atoms. The smallest absolute Gasteiger partial charge is 0.138 e. The van der Waals surface area contributed by atoms with Crippen LogP contribution in [0.1, 0.15) is 11.1 Å². The molecule has 0 aliphatic carbocycles. The molecule has 0 unspecified atom stereocenters. The summed E-state index contributed by atoms with van der Waals surface area (Å²) in [4.78, 5) is 2.15. The van der Waals surface area contributed by atoms with E-state index in [1.54, 1.807) is 6.07 Å². The van der Waals surface area contributed by atoms with E-state index in [0.717, 1.165) is 13.1 Å². The van der Waals surface area contributed by atoms with E-state index in [-0.39, 0.29) is 10.8 Å². The first-order valence-corrected chi connectivity index (χ1v) is 7.49. The van der Waals surface area contributed by atoms with Crippen LogP contribution in [0.2, 0.25) is 10.0 Å². The van der Waals surface area contributed by atoms with Gasteiger partial charge >= 0.3 is 0 Å². The fourth-order valence-electron chi connectivity index (χ4n) is 2.22. The van der Waals surface area contributed by atoms with Gasteiger partial charge in [0.1, 0.15) is 5.75 Å². The van der Waals surface area contributed by atoms with Crippen LogP contribution in [0, 0.1) is 0 Å². The topological polar surface area (TPSA) is 49.5 Å². The molecule has 2 aromatic rings. The van der Waals surface area contributed by atoms with Crippen molar-refractivity contribution < 1.29 is 5.11 Å². The van der Waals surface area contributed by atoms with Crippen LogP contribution in [-0.2, 0) is 13.1 Å². The number of phenols is 1. The van der Waals surface area contributed by atoms with E-state index < -0.39 is 0 Å². The van der Waals surface area contributed by atoms with Gasteiger partial charge in [-0.05, 0) is 17.7 Å². The van der Waals surface area contributed by atoms with Crippen molar-refractivity contribution in [2.45, 2.75) is 13.1 Å². The van der Waals surface area contributed by atoms with Crippen LogP contribution in [0.3, 0.4) is 0 Å². The van der Waals surface area contributed by atoms with Crippen molar-refractivity contribution in [3.05, 3.63) is 63.6 Å². The second-order valence-electron chi connectivity index (χ2n) is 4.88. The lowest BCUT2D eigenvalue weighted by molar-refractivity contribution is 0.260. The van der Waals surface area contributed by atoms with E-state index in [2.05, 4.69) is 17.0 Å². The van der Waals surface area contributed by atoms with Gasteiger partial charge in [-0.2, -0.15) is 0 Å². The average Bonchev–Trinajstić information content (AvgIpc) is 2.45. The zero-order chi connectivity index (χ0) is 15.2. The third-order valence-corrected chi connectivity index (χ3v) is 3.70. The van der Waals surface area contributed by atoms with Crippen molar-refractivity contribution in [3.63, 3.8) is 0 Å². The predicted octanol–water partition coefficient (Wildman–Crippen LogP) is 3.66. The van der Waals surface area contributed by atoms with Crippen LogP contribution in [-0.4, -0.2) is 23.1 Å². The molecule has 0 aromatic heterocycles. The van der Waals surface area contributed by atoms with Gasteiger partial charge in [0, 0.05) is 36.8 Å². The normalized spacial score (nSPS) is 11.0. The molecule has 0 atom stereocenters. The minimum atomic E-state index is 0.0798. The third kappa shape index (κ3) is 4.61. The summed E-state index contributed by atoms with van der Waals surface area (Å²) in [6.45, 7) is 2.56. The summed E-state index contributed by atoms with van der Waals surface area (Å²) in [5.41, 5.74) is 7.58. The Kier molecular flexibility index (Phi) is 5.88. The van der Waals surface area contributed by atoms with Crippen LogP contribution in [0.25, 0.3) is 0 Å². The molecule has 0 radical (unpaired) electrons. The van der Waals surface area contributed by atoms with Gasteiger partial charge in [-0.3, -0.25) is 4.90 Å². The number of hydrogen-bond donors (Lipinski definition) is 2. The largest absolute Gasteiger partial charge is 0.506 e. The van der Waals surface area contributed by atoms with Crippen LogP contribution >= 0.6 is 23.2 Å². The highest BCUT2D eigenvalue weighted by Crippen LogP contribution is 2.32. The molecule has 3 N–H and O–H groups in total. The second kappa shape index (κ2) is 7.66. The van der Waals surface area contributed by atoms with Crippen molar-refractivity contribution in [2.75, 3.05) is 13.1 Å². The fourth-order valence-corrected chi connectivity index (χ4v) is 2.75. The van der Waals surface area contributed by atoms with Crippen LogP contribution in [0.5, 0.6) is 5.75 Å². The van der Waals surface area contributed by atoms with Crippen molar-refractivity contribution >= 4 is 23.2 Å². The molecule has 0 aliphatic rings. The maximum atomic E-state index is 10.1. The minimum absolute atomic E-state index is 0.0798. The Morgan fingerprint density at radius 3 is 2.43 bits per heavy atom. The van der Waals surface area contributed by atoms with Gasteiger partial charge in [0.05, 0.1) is 5.02 Å². The van der Waals surface area contributed by atoms with E-state index >= 15 is 0 Å². The van der Waals surface area contributed by atoms with Gasteiger partial charge in [-0.25, -0.2) is 0 Å². The van der Waals surface area contributed by atoms with Gasteiger partial charge in [-0.1, -0.05) is 53.5 Å². The summed E-state index contributed by atoms with van der Waals surface area (Å²) >= 11 is 12.0. The summed E-state index contributed by atoms with van der Waals surface area (Å²) in [6, 6.07) is 13.4. The van der Waals surface area contributed by atoms with Gasteiger partial charge in [0.15, 0.2) is 0 Å². The lowest BCUT2D eigenvalue weighted by Gasteiger charge is -2.22. The summed E-state index contributed by atoms with van der Waals surface area (Å²) < 4.78 is 0. The number of nitrogens with two attached hydrogens (primary N) is 1. The first-order valence-electron chi connectivity index (χ1n) is 6.73. The highest BCUT2D eigenvalue weighted by Gasteiger charge is 2.12. The van der Waals surface area contributed by atoms with Crippen LogP contribution < -0.4 is 5.73 Å². The number of phenolic OH excluding ortho intramolecular Hbond substituents is 1. The molecule has 5 heteroatoms. The Bertz CT molecular complexity index is 590. The van der Waals surface area contributed by atoms with E-state index in [1.807, 2.05) is 18.2 Å². The number of rotatable bonds is 6. The molecule has 0 fully saturated rings. The van der Waals surface area contributed by atoms with Crippen molar-refractivity contribution in [2.24, 2.45) is 5.73 Å². The molecule has 112 valence electrons. The van der Waals surface area contributed by atoms with E-state index in [9.17, 15) is 5.11 Å². The molecule has 2 aromatic carbocycles. The highest BCUT2D eigenvalue weighted by atomic mass is 35.5. The molecule has 0 saturated heterocycles. The summed E-state index contributed by atoms with van der Waals surface area (Å²) in [6.07, 6.45) is 0. The van der Waals surface area contributed by atoms with Gasteiger partial charge in [-0.15, -0.1) is 0 Å². The summed E-state index contributed by atoms with van der Waals surface area (Å²) in [7, 11) is 0. The average molecular weight is 325 g/mol. The lowest BCUT2D eigenvalue weighted by Crippen LogP contribution is -2.28. The quantitative estimate of drug-likeness (QED) is 0.852. The molecule has 0 bridgehead atoms. The van der Waals surface area contributed by atoms with E-state index in [4.69, 9.17) is 28.9 Å². The predicted molar refractivity (Wildman–Crippen MR) is 87.7 cm³/mol. The van der Waals surface area contributed by atoms with Crippen molar-refractivity contribution in [1.29, 1.82) is 0 Å². The standard InChI is InChI=1S/C16H18Cl2N2O/c17-14-8-13(16(21)15(18)9-14)11-20(7-6-19)10-12-4-2-1-3-5-12/h1-5,8-9,21H,6-7,10-11,19H2. The number of halogens is 2. The van der Waals surface area contributed by atoms with Crippen LogP contribution in [0.15, 0.2) is 42.5 Å². The number of nitrogens with zero attached hydrogens (tertiary/aromatic N) is 1. The molecular weight excluding hydrogens is 307 g/mol. The first kappa shape index (κ1) is 16.1. The van der Waals surface area contributed by atoms with E-state index in [1.165, 1.54) is 11.6 Å². The Morgan fingerprint density at radius 2 is 1.76 bits per heavy atom. The zero-order valence-corrected chi connectivity index (χ0v) is 13.1. The SMILES string of the molecule is NCCN(Cc1ccccc1)Cc1cc(Cl)cc(Cl)c1O. The lowest BCUT2D eigenvalue weighted by atomic mass is 10.1. The maximum absolute atomic E-state index is 10.1. The third-order valence-electron chi connectivity index (χ3n) is 3.20. The van der Waals surface area contributed by atoms with Crippen molar-refractivity contribution in [1.82, 2.24) is 4.90 Å². The summed E-state index contributed by atoms with van der Waals surface area (Å²) in [5, 5.41) is 10.8. The summed E-state index contributed by atoms with van der Waals surface area (Å²) in [5.74, 6) is 0.0798. The molecule has 21 heavy (non-hydrogen) atoms. The van der Waals surface area contributed by atoms with E-state index in [0.29, 0.717) is 23.7 Å². The number of aromatic hydroxyl groups is 1. The fraction of sp³-hybridized carbons (Fsp3) is 0.250. The van der Waals surface area contributed by atoms with Crippen LogP contribution in [0.4, 0.5) is 0 Å². The Hall–Kier alpha value is -1.26. The maximum Gasteiger partial charge on any atom is 0.138 e. The molecule has 3 nitrogen and oxygen atoms in total. The first-order chi connectivity index (χ1) is 10.1. The molecular formula is C16H18Cl2N2O. The van der Waals surface area contributed by atoms with Gasteiger partial charge in [0.25, 0.3) is 0 Å². The van der Waals surface area contributed by atoms with Crippen molar-refractivity contribution in [3.8, 4) is 5.75 Å². The monoisotopic (exact) mass is 324 g/mol. The molecule has 0 saturated carbocycles. The van der Waals surface area contributed by atoms with Gasteiger partial charge in [0.2, 0.25) is 0 Å². The molecule has 2 rings (SSSR count). The molecule has 0 heterocycles. The zero-order valence-electron chi connectivity index (χ0n) is 11.6. The molecule has 0 aliphatic heterocycles. The Balaban J connectivity index is 2.16. The minimum Gasteiger partial charge on any atom is -0.506 e. The Morgan fingerprint density at radius 1 is 1.05 bits per heavy atom. The number of hydrogen-bond acceptors (Lipinski definition) is 3. The van der Waals surface area contributed by atoms with Gasteiger partial charge < -0.3 is 10.8 Å².